The van der Waals surface area contributed by atoms with Crippen LogP contribution in [0, 0.1) is 6.92 Å². The van der Waals surface area contributed by atoms with Crippen molar-refractivity contribution in [1.29, 1.82) is 0 Å². The number of hydrogen-bond acceptors (Lipinski definition) is 4. The Bertz CT molecular complexity index is 760. The van der Waals surface area contributed by atoms with Crippen molar-refractivity contribution in [1.82, 2.24) is 5.32 Å². The van der Waals surface area contributed by atoms with Gasteiger partial charge in [-0.1, -0.05) is 18.2 Å². The summed E-state index contributed by atoms with van der Waals surface area (Å²) >= 11 is 5.36. The highest BCUT2D eigenvalue weighted by Crippen LogP contribution is 2.20. The highest BCUT2D eigenvalue weighted by molar-refractivity contribution is 7.80. The smallest absolute Gasteiger partial charge is 0.338 e. The van der Waals surface area contributed by atoms with Crippen LogP contribution >= 0.6 is 12.2 Å². The number of carbonyl (C=O) groups is 1. The quantitative estimate of drug-likeness (QED) is 0.565. The lowest BCUT2D eigenvalue weighted by molar-refractivity contribution is 0.0525. The largest absolute Gasteiger partial charge is 0.494 e. The molecule has 0 bridgehead atoms. The van der Waals surface area contributed by atoms with E-state index in [1.54, 1.807) is 19.1 Å². The lowest BCUT2D eigenvalue weighted by Crippen LogP contribution is -2.28. The van der Waals surface area contributed by atoms with Crippen molar-refractivity contribution in [3.05, 3.63) is 59.2 Å². The molecule has 0 aliphatic rings. The molecule has 6 heteroatoms. The Kier molecular flexibility index (Phi) is 7.41. The number of carbonyl (C=O) groups excluding carboxylic acids is 1. The molecule has 2 N–H and O–H groups in total. The Hall–Kier alpha value is -2.60. The highest BCUT2D eigenvalue weighted by atomic mass is 32.1. The molecule has 0 radical (unpaired) electrons. The molecule has 0 heterocycles. The monoisotopic (exact) mass is 372 g/mol. The number of thiocarbonyl (C=S) groups is 1. The number of benzene rings is 2. The van der Waals surface area contributed by atoms with Crippen LogP contribution in [0.3, 0.4) is 0 Å². The van der Waals surface area contributed by atoms with Crippen molar-refractivity contribution in [3.8, 4) is 5.75 Å². The molecular formula is C20H24N2O3S. The number of rotatable bonds is 7. The summed E-state index contributed by atoms with van der Waals surface area (Å²) < 4.78 is 10.5. The Morgan fingerprint density at radius 1 is 1.08 bits per heavy atom. The van der Waals surface area contributed by atoms with Gasteiger partial charge in [0, 0.05) is 12.2 Å². The Morgan fingerprint density at radius 3 is 2.46 bits per heavy atom. The SMILES string of the molecule is CCOC(=O)c1cccc(NC(=S)NCc2ccc(OCC)cc2)c1C. The predicted octanol–water partition coefficient (Wildman–Crippen LogP) is 4.06. The van der Waals surface area contributed by atoms with Crippen LogP contribution in [-0.4, -0.2) is 24.3 Å². The second kappa shape index (κ2) is 9.77. The second-order valence-corrected chi connectivity index (χ2v) is 5.99. The lowest BCUT2D eigenvalue weighted by Gasteiger charge is -2.14. The molecule has 2 aromatic rings. The molecule has 26 heavy (non-hydrogen) atoms. The molecule has 0 unspecified atom stereocenters. The van der Waals surface area contributed by atoms with E-state index in [-0.39, 0.29) is 5.97 Å². The van der Waals surface area contributed by atoms with Gasteiger partial charge in [0.2, 0.25) is 0 Å². The van der Waals surface area contributed by atoms with Crippen LogP contribution in [0.2, 0.25) is 0 Å². The Labute approximate surface area is 159 Å². The highest BCUT2D eigenvalue weighted by Gasteiger charge is 2.13. The van der Waals surface area contributed by atoms with E-state index in [4.69, 9.17) is 21.7 Å². The van der Waals surface area contributed by atoms with Crippen LogP contribution in [0.25, 0.3) is 0 Å². The molecule has 0 atom stereocenters. The fourth-order valence-electron chi connectivity index (χ4n) is 2.42. The molecule has 5 nitrogen and oxygen atoms in total. The molecule has 0 amide bonds. The third-order valence-electron chi connectivity index (χ3n) is 3.76. The van der Waals surface area contributed by atoms with E-state index in [9.17, 15) is 4.79 Å². The molecule has 2 rings (SSSR count). The van der Waals surface area contributed by atoms with E-state index in [0.717, 1.165) is 22.6 Å². The van der Waals surface area contributed by atoms with E-state index in [2.05, 4.69) is 10.6 Å². The normalized spacial score (nSPS) is 10.1. The maximum absolute atomic E-state index is 12.0. The van der Waals surface area contributed by atoms with Crippen LogP contribution < -0.4 is 15.4 Å². The molecule has 0 aliphatic heterocycles. The van der Waals surface area contributed by atoms with Crippen molar-refractivity contribution >= 4 is 29.0 Å². The Morgan fingerprint density at radius 2 is 1.81 bits per heavy atom. The zero-order valence-corrected chi connectivity index (χ0v) is 16.1. The van der Waals surface area contributed by atoms with Crippen LogP contribution in [0.15, 0.2) is 42.5 Å². The summed E-state index contributed by atoms with van der Waals surface area (Å²) in [6.45, 7) is 7.19. The maximum atomic E-state index is 12.0. The number of nitrogens with one attached hydrogen (secondary N) is 2. The van der Waals surface area contributed by atoms with Gasteiger partial charge >= 0.3 is 5.97 Å². The van der Waals surface area contributed by atoms with Gasteiger partial charge in [-0.3, -0.25) is 0 Å². The van der Waals surface area contributed by atoms with Crippen molar-refractivity contribution in [3.63, 3.8) is 0 Å². The maximum Gasteiger partial charge on any atom is 0.338 e. The van der Waals surface area contributed by atoms with Gasteiger partial charge in [-0.2, -0.15) is 0 Å². The first-order valence-electron chi connectivity index (χ1n) is 8.58. The molecule has 0 spiro atoms. The Balaban J connectivity index is 1.95. The van der Waals surface area contributed by atoms with Gasteiger partial charge in [-0.15, -0.1) is 0 Å². The number of esters is 1. The standard InChI is InChI=1S/C20H24N2O3S/c1-4-24-16-11-9-15(10-12-16)13-21-20(26)22-18-8-6-7-17(14(18)3)19(23)25-5-2/h6-12H,4-5,13H2,1-3H3,(H2,21,22,26). The van der Waals surface area contributed by atoms with Crippen molar-refractivity contribution < 1.29 is 14.3 Å². The number of anilines is 1. The average Bonchev–Trinajstić information content (AvgIpc) is 2.63. The van der Waals surface area contributed by atoms with E-state index in [1.807, 2.05) is 44.2 Å². The summed E-state index contributed by atoms with van der Waals surface area (Å²) in [4.78, 5) is 12.0. The van der Waals surface area contributed by atoms with Crippen molar-refractivity contribution in [2.24, 2.45) is 0 Å². The van der Waals surface area contributed by atoms with Crippen LogP contribution in [0.5, 0.6) is 5.75 Å². The van der Waals surface area contributed by atoms with Gasteiger partial charge in [0.05, 0.1) is 18.8 Å². The predicted molar refractivity (Wildman–Crippen MR) is 108 cm³/mol. The molecule has 0 saturated carbocycles. The average molecular weight is 372 g/mol. The topological polar surface area (TPSA) is 59.6 Å². The molecule has 0 saturated heterocycles. The van der Waals surface area contributed by atoms with Crippen LogP contribution in [-0.2, 0) is 11.3 Å². The molecule has 138 valence electrons. The summed E-state index contributed by atoms with van der Waals surface area (Å²) in [6.07, 6.45) is 0. The molecule has 0 aliphatic carbocycles. The van der Waals surface area contributed by atoms with Gasteiger partial charge in [-0.05, 0) is 68.4 Å². The zero-order chi connectivity index (χ0) is 18.9. The fraction of sp³-hybridized carbons (Fsp3) is 0.300. The second-order valence-electron chi connectivity index (χ2n) is 5.58. The van der Waals surface area contributed by atoms with E-state index >= 15 is 0 Å². The lowest BCUT2D eigenvalue weighted by atomic mass is 10.1. The molecule has 0 aromatic heterocycles. The number of ether oxygens (including phenoxy) is 2. The summed E-state index contributed by atoms with van der Waals surface area (Å²) in [7, 11) is 0. The first-order valence-corrected chi connectivity index (χ1v) is 8.99. The summed E-state index contributed by atoms with van der Waals surface area (Å²) in [6, 6.07) is 13.3. The summed E-state index contributed by atoms with van der Waals surface area (Å²) in [5.74, 6) is 0.519. The van der Waals surface area contributed by atoms with Crippen LogP contribution in [0.1, 0.15) is 35.3 Å². The van der Waals surface area contributed by atoms with Crippen LogP contribution in [0.4, 0.5) is 5.69 Å². The van der Waals surface area contributed by atoms with E-state index < -0.39 is 0 Å². The summed E-state index contributed by atoms with van der Waals surface area (Å²) in [5, 5.41) is 6.79. The van der Waals surface area contributed by atoms with E-state index in [1.165, 1.54) is 0 Å². The minimum atomic E-state index is -0.332. The van der Waals surface area contributed by atoms with Crippen molar-refractivity contribution in [2.45, 2.75) is 27.3 Å². The molecule has 2 aromatic carbocycles. The van der Waals surface area contributed by atoms with Gasteiger partial charge in [0.25, 0.3) is 0 Å². The van der Waals surface area contributed by atoms with E-state index in [0.29, 0.717) is 30.4 Å². The van der Waals surface area contributed by atoms with Crippen molar-refractivity contribution in [2.75, 3.05) is 18.5 Å². The first-order chi connectivity index (χ1) is 12.5. The summed E-state index contributed by atoms with van der Waals surface area (Å²) in [5.41, 5.74) is 3.21. The van der Waals surface area contributed by atoms with Gasteiger partial charge in [-0.25, -0.2) is 4.79 Å². The minimum absolute atomic E-state index is 0.332. The first kappa shape index (κ1) is 19.7. The fourth-order valence-corrected chi connectivity index (χ4v) is 2.60. The van der Waals surface area contributed by atoms with Gasteiger partial charge < -0.3 is 20.1 Å². The third kappa shape index (κ3) is 5.46. The zero-order valence-electron chi connectivity index (χ0n) is 15.3. The minimum Gasteiger partial charge on any atom is -0.494 e. The molecular weight excluding hydrogens is 348 g/mol. The molecule has 0 fully saturated rings. The van der Waals surface area contributed by atoms with Gasteiger partial charge in [0.15, 0.2) is 5.11 Å². The third-order valence-corrected chi connectivity index (χ3v) is 4.01. The number of hydrogen-bond donors (Lipinski definition) is 2. The van der Waals surface area contributed by atoms with Gasteiger partial charge in [0.1, 0.15) is 5.75 Å².